The monoisotopic (exact) mass is 398 g/mol. The highest BCUT2D eigenvalue weighted by molar-refractivity contribution is 6.62. The number of rotatable bonds is 4. The van der Waals surface area contributed by atoms with Crippen LogP contribution in [-0.4, -0.2) is 18.3 Å². The second kappa shape index (κ2) is 7.41. The molecule has 3 heteroatoms. The van der Waals surface area contributed by atoms with Crippen molar-refractivity contribution >= 4 is 12.6 Å². The summed E-state index contributed by atoms with van der Waals surface area (Å²) in [7, 11) is -0.341. The highest BCUT2D eigenvalue weighted by Crippen LogP contribution is 2.37. The summed E-state index contributed by atoms with van der Waals surface area (Å²) >= 11 is 0. The van der Waals surface area contributed by atoms with Gasteiger partial charge in [0.2, 0.25) is 0 Å². The maximum Gasteiger partial charge on any atom is 0.494 e. The van der Waals surface area contributed by atoms with Gasteiger partial charge in [-0.3, -0.25) is 0 Å². The van der Waals surface area contributed by atoms with E-state index in [1.165, 1.54) is 22.3 Å². The second-order valence-electron chi connectivity index (χ2n) is 9.78. The molecule has 1 aliphatic rings. The van der Waals surface area contributed by atoms with E-state index in [2.05, 4.69) is 120 Å². The zero-order valence-corrected chi connectivity index (χ0v) is 18.9. The molecule has 1 saturated heterocycles. The molecule has 0 unspecified atom stereocenters. The summed E-state index contributed by atoms with van der Waals surface area (Å²) in [6.45, 7) is 12.9. The van der Waals surface area contributed by atoms with Gasteiger partial charge in [-0.05, 0) is 55.4 Å². The van der Waals surface area contributed by atoms with Crippen LogP contribution < -0.4 is 5.46 Å². The lowest BCUT2D eigenvalue weighted by Gasteiger charge is -2.32. The Morgan fingerprint density at radius 3 is 1.80 bits per heavy atom. The molecule has 1 fully saturated rings. The molecule has 0 saturated carbocycles. The van der Waals surface area contributed by atoms with Gasteiger partial charge in [-0.15, -0.1) is 0 Å². The van der Waals surface area contributed by atoms with Crippen molar-refractivity contribution in [1.82, 2.24) is 0 Å². The van der Waals surface area contributed by atoms with Crippen LogP contribution in [0.15, 0.2) is 78.9 Å². The molecule has 0 radical (unpaired) electrons. The van der Waals surface area contributed by atoms with Crippen LogP contribution in [0.3, 0.4) is 0 Å². The van der Waals surface area contributed by atoms with E-state index < -0.39 is 0 Å². The SMILES string of the molecule is CC(C)(c1ccccc1)c1ccc(-c2cccc(B3OC(C)(C)C(C)(C)O3)c2)cc1. The molecule has 1 heterocycles. The van der Waals surface area contributed by atoms with E-state index in [-0.39, 0.29) is 23.7 Å². The Bertz CT molecular complexity index is 1000. The van der Waals surface area contributed by atoms with Crippen LogP contribution in [-0.2, 0) is 14.7 Å². The topological polar surface area (TPSA) is 18.5 Å². The van der Waals surface area contributed by atoms with Crippen molar-refractivity contribution in [1.29, 1.82) is 0 Å². The zero-order valence-electron chi connectivity index (χ0n) is 18.9. The van der Waals surface area contributed by atoms with Gasteiger partial charge in [0.15, 0.2) is 0 Å². The van der Waals surface area contributed by atoms with Crippen molar-refractivity contribution in [2.45, 2.75) is 58.2 Å². The van der Waals surface area contributed by atoms with E-state index in [4.69, 9.17) is 9.31 Å². The summed E-state index contributed by atoms with van der Waals surface area (Å²) < 4.78 is 12.5. The molecule has 0 amide bonds. The van der Waals surface area contributed by atoms with Gasteiger partial charge in [0, 0.05) is 5.41 Å². The maximum atomic E-state index is 6.23. The molecule has 3 aromatic carbocycles. The van der Waals surface area contributed by atoms with E-state index in [0.29, 0.717) is 0 Å². The third kappa shape index (κ3) is 3.73. The molecular weight excluding hydrogens is 367 g/mol. The fourth-order valence-electron chi connectivity index (χ4n) is 3.94. The lowest BCUT2D eigenvalue weighted by molar-refractivity contribution is 0.00578. The van der Waals surface area contributed by atoms with E-state index in [9.17, 15) is 0 Å². The van der Waals surface area contributed by atoms with E-state index in [0.717, 1.165) is 5.46 Å². The molecule has 1 aliphatic heterocycles. The van der Waals surface area contributed by atoms with Gasteiger partial charge in [-0.25, -0.2) is 0 Å². The fraction of sp³-hybridized carbons (Fsp3) is 0.333. The van der Waals surface area contributed by atoms with Crippen molar-refractivity contribution in [2.24, 2.45) is 0 Å². The average molecular weight is 398 g/mol. The van der Waals surface area contributed by atoms with Crippen LogP contribution in [0.25, 0.3) is 11.1 Å². The summed E-state index contributed by atoms with van der Waals surface area (Å²) in [4.78, 5) is 0. The van der Waals surface area contributed by atoms with Gasteiger partial charge in [0.1, 0.15) is 0 Å². The Morgan fingerprint density at radius 1 is 0.633 bits per heavy atom. The highest BCUT2D eigenvalue weighted by atomic mass is 16.7. The molecule has 2 nitrogen and oxygen atoms in total. The lowest BCUT2D eigenvalue weighted by atomic mass is 9.77. The first-order chi connectivity index (χ1) is 14.1. The molecule has 0 N–H and O–H groups in total. The third-order valence-corrected chi connectivity index (χ3v) is 6.85. The van der Waals surface area contributed by atoms with Crippen LogP contribution in [0.5, 0.6) is 0 Å². The highest BCUT2D eigenvalue weighted by Gasteiger charge is 2.51. The normalized spacial score (nSPS) is 17.9. The summed E-state index contributed by atoms with van der Waals surface area (Å²) in [5.41, 5.74) is 5.34. The Labute approximate surface area is 181 Å². The van der Waals surface area contributed by atoms with Crippen LogP contribution in [0.2, 0.25) is 0 Å². The van der Waals surface area contributed by atoms with Crippen molar-refractivity contribution in [3.63, 3.8) is 0 Å². The first-order valence-corrected chi connectivity index (χ1v) is 10.7. The van der Waals surface area contributed by atoms with Crippen molar-refractivity contribution < 1.29 is 9.31 Å². The van der Waals surface area contributed by atoms with Crippen LogP contribution >= 0.6 is 0 Å². The van der Waals surface area contributed by atoms with Gasteiger partial charge in [-0.1, -0.05) is 92.7 Å². The minimum absolute atomic E-state index is 0.0374. The van der Waals surface area contributed by atoms with Crippen LogP contribution in [0, 0.1) is 0 Å². The van der Waals surface area contributed by atoms with Gasteiger partial charge in [-0.2, -0.15) is 0 Å². The Hall–Kier alpha value is -2.36. The smallest absolute Gasteiger partial charge is 0.399 e. The minimum atomic E-state index is -0.341. The van der Waals surface area contributed by atoms with Gasteiger partial charge >= 0.3 is 7.12 Å². The van der Waals surface area contributed by atoms with Crippen LogP contribution in [0.4, 0.5) is 0 Å². The van der Waals surface area contributed by atoms with E-state index >= 15 is 0 Å². The van der Waals surface area contributed by atoms with Crippen molar-refractivity contribution in [3.05, 3.63) is 90.0 Å². The molecule has 0 bridgehead atoms. The molecule has 0 aliphatic carbocycles. The van der Waals surface area contributed by atoms with Gasteiger partial charge in [0.25, 0.3) is 0 Å². The first kappa shape index (κ1) is 20.9. The second-order valence-corrected chi connectivity index (χ2v) is 9.78. The van der Waals surface area contributed by atoms with Gasteiger partial charge in [0.05, 0.1) is 11.2 Å². The average Bonchev–Trinajstić information content (AvgIpc) is 2.96. The van der Waals surface area contributed by atoms with E-state index in [1.54, 1.807) is 0 Å². The molecule has 0 atom stereocenters. The van der Waals surface area contributed by atoms with Crippen molar-refractivity contribution in [3.8, 4) is 11.1 Å². The fourth-order valence-corrected chi connectivity index (χ4v) is 3.94. The summed E-state index contributed by atoms with van der Waals surface area (Å²) in [5.74, 6) is 0. The quantitative estimate of drug-likeness (QED) is 0.504. The van der Waals surface area contributed by atoms with E-state index in [1.807, 2.05) is 0 Å². The molecule has 0 aromatic heterocycles. The molecular formula is C27H31BO2. The van der Waals surface area contributed by atoms with Crippen molar-refractivity contribution in [2.75, 3.05) is 0 Å². The Balaban J connectivity index is 1.60. The third-order valence-electron chi connectivity index (χ3n) is 6.85. The number of hydrogen-bond acceptors (Lipinski definition) is 2. The molecule has 30 heavy (non-hydrogen) atoms. The Morgan fingerprint density at radius 2 is 1.20 bits per heavy atom. The van der Waals surface area contributed by atoms with Gasteiger partial charge < -0.3 is 9.31 Å². The predicted octanol–water partition coefficient (Wildman–Crippen LogP) is 5.98. The molecule has 3 aromatic rings. The lowest BCUT2D eigenvalue weighted by Crippen LogP contribution is -2.41. The maximum absolute atomic E-state index is 6.23. The Kier molecular flexibility index (Phi) is 5.16. The number of benzene rings is 3. The number of hydrogen-bond donors (Lipinski definition) is 0. The molecule has 154 valence electrons. The molecule has 0 spiro atoms. The summed E-state index contributed by atoms with van der Waals surface area (Å²) in [5, 5.41) is 0. The summed E-state index contributed by atoms with van der Waals surface area (Å²) in [6, 6.07) is 28.1. The molecule has 4 rings (SSSR count). The first-order valence-electron chi connectivity index (χ1n) is 10.7. The largest absolute Gasteiger partial charge is 0.494 e. The summed E-state index contributed by atoms with van der Waals surface area (Å²) in [6.07, 6.45) is 0. The van der Waals surface area contributed by atoms with Crippen LogP contribution in [0.1, 0.15) is 52.7 Å². The predicted molar refractivity (Wildman–Crippen MR) is 126 cm³/mol. The standard InChI is InChI=1S/C27H31BO2/c1-25(2,22-12-8-7-9-13-22)23-17-15-20(16-18-23)21-11-10-14-24(19-21)28-29-26(3,4)27(5,6)30-28/h7-19H,1-6H3. The zero-order chi connectivity index (χ0) is 21.6. The minimum Gasteiger partial charge on any atom is -0.399 e.